The molecule has 1 aliphatic rings. The summed E-state index contributed by atoms with van der Waals surface area (Å²) in [5, 5.41) is 11.8. The van der Waals surface area contributed by atoms with Gasteiger partial charge in [0.15, 0.2) is 11.5 Å². The summed E-state index contributed by atoms with van der Waals surface area (Å²) in [6.07, 6.45) is 3.02. The van der Waals surface area contributed by atoms with Crippen LogP contribution in [0, 0.1) is 11.3 Å². The number of nitriles is 1. The molecule has 0 atom stereocenters. The van der Waals surface area contributed by atoms with Crippen LogP contribution in [0.5, 0.6) is 11.5 Å². The number of hydrogen-bond acceptors (Lipinski definition) is 5. The van der Waals surface area contributed by atoms with Crippen LogP contribution in [0.15, 0.2) is 46.6 Å². The molecule has 0 fully saturated rings. The van der Waals surface area contributed by atoms with Crippen molar-refractivity contribution in [1.29, 1.82) is 5.26 Å². The maximum absolute atomic E-state index is 12.0. The van der Waals surface area contributed by atoms with Crippen molar-refractivity contribution in [2.24, 2.45) is 0 Å². The predicted molar refractivity (Wildman–Crippen MR) is 76.7 cm³/mol. The average Bonchev–Trinajstić information content (AvgIpc) is 3.20. The first-order valence-electron chi connectivity index (χ1n) is 6.58. The number of rotatable bonds is 4. The van der Waals surface area contributed by atoms with Crippen LogP contribution >= 0.6 is 0 Å². The lowest BCUT2D eigenvalue weighted by atomic mass is 10.1. The van der Waals surface area contributed by atoms with Gasteiger partial charge in [-0.2, -0.15) is 5.26 Å². The molecule has 0 radical (unpaired) electrons. The third kappa shape index (κ3) is 2.94. The molecule has 3 rings (SSSR count). The standard InChI is InChI=1S/C16H12N2O4/c17-8-12(16(19)18-9-13-2-1-5-20-13)6-11-3-4-14-15(7-11)22-10-21-14/h1-7H,9-10H2,(H,18,19). The molecular formula is C16H12N2O4. The molecular weight excluding hydrogens is 284 g/mol. The summed E-state index contributed by atoms with van der Waals surface area (Å²) in [5.41, 5.74) is 0.694. The van der Waals surface area contributed by atoms with Crippen molar-refractivity contribution >= 4 is 12.0 Å². The van der Waals surface area contributed by atoms with Crippen LogP contribution in [-0.2, 0) is 11.3 Å². The Balaban J connectivity index is 1.72. The van der Waals surface area contributed by atoms with Gasteiger partial charge in [0.25, 0.3) is 5.91 Å². The fourth-order valence-electron chi connectivity index (χ4n) is 1.99. The molecule has 2 heterocycles. The van der Waals surface area contributed by atoms with Crippen LogP contribution in [0.4, 0.5) is 0 Å². The molecule has 0 aliphatic carbocycles. The second-order valence-corrected chi connectivity index (χ2v) is 4.54. The zero-order chi connectivity index (χ0) is 15.4. The third-order valence-electron chi connectivity index (χ3n) is 3.08. The number of ether oxygens (including phenoxy) is 2. The molecule has 0 saturated heterocycles. The van der Waals surface area contributed by atoms with E-state index >= 15 is 0 Å². The SMILES string of the molecule is N#CC(=Cc1ccc2c(c1)OCO2)C(=O)NCc1ccco1. The number of fused-ring (bicyclic) bond motifs is 1. The maximum atomic E-state index is 12.0. The van der Waals surface area contributed by atoms with Crippen molar-refractivity contribution in [3.8, 4) is 17.6 Å². The van der Waals surface area contributed by atoms with Crippen LogP contribution in [0.25, 0.3) is 6.08 Å². The second-order valence-electron chi connectivity index (χ2n) is 4.54. The number of carbonyl (C=O) groups excluding carboxylic acids is 1. The fraction of sp³-hybridized carbons (Fsp3) is 0.125. The van der Waals surface area contributed by atoms with Crippen LogP contribution in [0.2, 0.25) is 0 Å². The van der Waals surface area contributed by atoms with Gasteiger partial charge >= 0.3 is 0 Å². The molecule has 0 unspecified atom stereocenters. The van der Waals surface area contributed by atoms with Crippen LogP contribution in [0.1, 0.15) is 11.3 Å². The monoisotopic (exact) mass is 296 g/mol. The van der Waals surface area contributed by atoms with Crippen LogP contribution < -0.4 is 14.8 Å². The molecule has 1 aromatic heterocycles. The molecule has 22 heavy (non-hydrogen) atoms. The quantitative estimate of drug-likeness (QED) is 0.691. The Labute approximate surface area is 126 Å². The van der Waals surface area contributed by atoms with Gasteiger partial charge in [0, 0.05) is 0 Å². The maximum Gasteiger partial charge on any atom is 0.262 e. The average molecular weight is 296 g/mol. The summed E-state index contributed by atoms with van der Waals surface area (Å²) < 4.78 is 15.6. The zero-order valence-electron chi connectivity index (χ0n) is 11.5. The summed E-state index contributed by atoms with van der Waals surface area (Å²) in [7, 11) is 0. The second kappa shape index (κ2) is 6.06. The van der Waals surface area contributed by atoms with E-state index in [0.717, 1.165) is 0 Å². The molecule has 0 bridgehead atoms. The van der Waals surface area contributed by atoms with Crippen molar-refractivity contribution in [1.82, 2.24) is 5.32 Å². The van der Waals surface area contributed by atoms with Crippen molar-refractivity contribution in [2.75, 3.05) is 6.79 Å². The van der Waals surface area contributed by atoms with E-state index in [1.165, 1.54) is 12.3 Å². The highest BCUT2D eigenvalue weighted by Crippen LogP contribution is 2.33. The molecule has 6 nitrogen and oxygen atoms in total. The minimum Gasteiger partial charge on any atom is -0.467 e. The topological polar surface area (TPSA) is 84.5 Å². The number of amides is 1. The van der Waals surface area contributed by atoms with Gasteiger partial charge in [-0.25, -0.2) is 0 Å². The lowest BCUT2D eigenvalue weighted by Gasteiger charge is -2.02. The van der Waals surface area contributed by atoms with Gasteiger partial charge in [0.2, 0.25) is 6.79 Å². The first-order valence-corrected chi connectivity index (χ1v) is 6.58. The minimum atomic E-state index is -0.462. The molecule has 1 N–H and O–H groups in total. The Morgan fingerprint density at radius 3 is 2.95 bits per heavy atom. The van der Waals surface area contributed by atoms with Crippen molar-refractivity contribution in [3.05, 3.63) is 53.5 Å². The lowest BCUT2D eigenvalue weighted by Crippen LogP contribution is -2.23. The van der Waals surface area contributed by atoms with Gasteiger partial charge in [-0.1, -0.05) is 6.07 Å². The smallest absolute Gasteiger partial charge is 0.262 e. The number of furan rings is 1. The largest absolute Gasteiger partial charge is 0.467 e. The number of hydrogen-bond donors (Lipinski definition) is 1. The van der Waals surface area contributed by atoms with E-state index in [-0.39, 0.29) is 18.9 Å². The normalized spacial score (nSPS) is 12.8. The highest BCUT2D eigenvalue weighted by molar-refractivity contribution is 6.01. The van der Waals surface area contributed by atoms with E-state index in [1.54, 1.807) is 30.3 Å². The summed E-state index contributed by atoms with van der Waals surface area (Å²) in [6, 6.07) is 10.6. The van der Waals surface area contributed by atoms with E-state index in [4.69, 9.17) is 19.2 Å². The first kappa shape index (κ1) is 13.8. The van der Waals surface area contributed by atoms with E-state index in [0.29, 0.717) is 22.8 Å². The van der Waals surface area contributed by atoms with Crippen molar-refractivity contribution in [2.45, 2.75) is 6.54 Å². The Morgan fingerprint density at radius 1 is 1.32 bits per heavy atom. The van der Waals surface area contributed by atoms with Gasteiger partial charge < -0.3 is 19.2 Å². The van der Waals surface area contributed by atoms with Crippen LogP contribution in [0.3, 0.4) is 0 Å². The van der Waals surface area contributed by atoms with Crippen molar-refractivity contribution < 1.29 is 18.7 Å². The Kier molecular flexibility index (Phi) is 3.79. The van der Waals surface area contributed by atoms with E-state index in [1.807, 2.05) is 6.07 Å². The molecule has 0 spiro atoms. The van der Waals surface area contributed by atoms with Gasteiger partial charge in [-0.3, -0.25) is 4.79 Å². The number of nitrogens with one attached hydrogen (secondary N) is 1. The summed E-state index contributed by atoms with van der Waals surface area (Å²) in [5.74, 6) is 1.41. The molecule has 2 aromatic rings. The zero-order valence-corrected chi connectivity index (χ0v) is 11.5. The third-order valence-corrected chi connectivity index (χ3v) is 3.08. The summed E-state index contributed by atoms with van der Waals surface area (Å²) in [4.78, 5) is 12.0. The fourth-order valence-corrected chi connectivity index (χ4v) is 1.99. The number of carbonyl (C=O) groups is 1. The number of benzene rings is 1. The Bertz CT molecular complexity index is 757. The van der Waals surface area contributed by atoms with Gasteiger partial charge in [-0.15, -0.1) is 0 Å². The minimum absolute atomic E-state index is 0.00502. The summed E-state index contributed by atoms with van der Waals surface area (Å²) in [6.45, 7) is 0.406. The Morgan fingerprint density at radius 2 is 2.18 bits per heavy atom. The van der Waals surface area contributed by atoms with Gasteiger partial charge in [0.1, 0.15) is 17.4 Å². The molecule has 1 aliphatic heterocycles. The molecule has 1 aromatic carbocycles. The lowest BCUT2D eigenvalue weighted by molar-refractivity contribution is -0.117. The van der Waals surface area contributed by atoms with E-state index < -0.39 is 5.91 Å². The van der Waals surface area contributed by atoms with Gasteiger partial charge in [-0.05, 0) is 35.9 Å². The molecule has 1 amide bonds. The summed E-state index contributed by atoms with van der Waals surface area (Å²) >= 11 is 0. The van der Waals surface area contributed by atoms with Crippen LogP contribution in [-0.4, -0.2) is 12.7 Å². The first-order chi connectivity index (χ1) is 10.8. The predicted octanol–water partition coefficient (Wildman–Crippen LogP) is 2.23. The molecule has 6 heteroatoms. The van der Waals surface area contributed by atoms with E-state index in [9.17, 15) is 4.79 Å². The highest BCUT2D eigenvalue weighted by atomic mass is 16.7. The molecule has 110 valence electrons. The van der Waals surface area contributed by atoms with Gasteiger partial charge in [0.05, 0.1) is 12.8 Å². The van der Waals surface area contributed by atoms with Crippen molar-refractivity contribution in [3.63, 3.8) is 0 Å². The van der Waals surface area contributed by atoms with E-state index in [2.05, 4.69) is 5.32 Å². The highest BCUT2D eigenvalue weighted by Gasteiger charge is 2.14. The Hall–Kier alpha value is -3.20. The molecule has 0 saturated carbocycles. The number of nitrogens with zero attached hydrogens (tertiary/aromatic N) is 1.